The minimum absolute atomic E-state index is 0.0338. The van der Waals surface area contributed by atoms with E-state index in [4.69, 9.17) is 18.5 Å². The van der Waals surface area contributed by atoms with E-state index in [1.807, 2.05) is 21.1 Å². The monoisotopic (exact) mass is 845 g/mol. The molecule has 1 N–H and O–H groups in total. The number of allylic oxidation sites excluding steroid dienone is 2. The fourth-order valence-electron chi connectivity index (χ4n) is 6.95. The molecule has 0 fully saturated rings. The average molecular weight is 845 g/mol. The highest BCUT2D eigenvalue weighted by molar-refractivity contribution is 7.47. The van der Waals surface area contributed by atoms with Crippen LogP contribution >= 0.6 is 7.82 Å². The van der Waals surface area contributed by atoms with Crippen molar-refractivity contribution in [1.82, 2.24) is 0 Å². The Morgan fingerprint density at radius 2 is 0.879 bits per heavy atom. The molecular weight excluding hydrogens is 750 g/mol. The predicted octanol–water partition coefficient (Wildman–Crippen LogP) is 14.1. The summed E-state index contributed by atoms with van der Waals surface area (Å²) in [7, 11) is 1.48. The molecular formula is C48H95NO8P+. The molecule has 0 aliphatic rings. The van der Waals surface area contributed by atoms with Gasteiger partial charge in [-0.15, -0.1) is 0 Å². The number of rotatable bonds is 45. The molecule has 0 rings (SSSR count). The van der Waals surface area contributed by atoms with Gasteiger partial charge in [-0.25, -0.2) is 4.57 Å². The third-order valence-corrected chi connectivity index (χ3v) is 11.8. The van der Waals surface area contributed by atoms with Crippen LogP contribution < -0.4 is 0 Å². The Morgan fingerprint density at radius 3 is 1.28 bits per heavy atom. The lowest BCUT2D eigenvalue weighted by Gasteiger charge is -2.24. The summed E-state index contributed by atoms with van der Waals surface area (Å²) in [5.74, 6) is -0.795. The Labute approximate surface area is 358 Å². The number of hydrogen-bond donors (Lipinski definition) is 1. The first-order valence-corrected chi connectivity index (χ1v) is 25.9. The van der Waals surface area contributed by atoms with Crippen LogP contribution in [0.2, 0.25) is 0 Å². The van der Waals surface area contributed by atoms with Crippen LogP contribution in [0.1, 0.15) is 232 Å². The number of unbranched alkanes of at least 4 members (excludes halogenated alkanes) is 29. The molecule has 1 unspecified atom stereocenters. The molecule has 0 bridgehead atoms. The summed E-state index contributed by atoms with van der Waals surface area (Å²) in [6.45, 7) is 4.45. The van der Waals surface area contributed by atoms with Crippen molar-refractivity contribution in [2.45, 2.75) is 238 Å². The highest BCUT2D eigenvalue weighted by Crippen LogP contribution is 2.43. The summed E-state index contributed by atoms with van der Waals surface area (Å²) in [4.78, 5) is 35.5. The molecule has 0 aromatic carbocycles. The van der Waals surface area contributed by atoms with Crippen molar-refractivity contribution in [2.75, 3.05) is 47.5 Å². The molecule has 0 amide bonds. The lowest BCUT2D eigenvalue weighted by molar-refractivity contribution is -0.870. The van der Waals surface area contributed by atoms with Crippen molar-refractivity contribution in [3.8, 4) is 0 Å². The van der Waals surface area contributed by atoms with E-state index in [2.05, 4.69) is 26.0 Å². The Hall–Kier alpha value is -1.25. The van der Waals surface area contributed by atoms with Gasteiger partial charge in [0, 0.05) is 12.8 Å². The Kier molecular flexibility index (Phi) is 40.2. The van der Waals surface area contributed by atoms with Gasteiger partial charge in [-0.1, -0.05) is 193 Å². The first kappa shape index (κ1) is 56.8. The molecule has 0 heterocycles. The number of nitrogens with zero attached hydrogens (tertiary/aromatic N) is 1. The first-order valence-electron chi connectivity index (χ1n) is 24.4. The van der Waals surface area contributed by atoms with Crippen LogP contribution in [0.3, 0.4) is 0 Å². The van der Waals surface area contributed by atoms with Gasteiger partial charge in [-0.3, -0.25) is 18.6 Å². The molecule has 0 aliphatic carbocycles. The number of phosphoric acid groups is 1. The van der Waals surface area contributed by atoms with Gasteiger partial charge in [0.1, 0.15) is 19.8 Å². The zero-order chi connectivity index (χ0) is 42.8. The number of phosphoric ester groups is 1. The maximum atomic E-state index is 12.7. The number of esters is 2. The van der Waals surface area contributed by atoms with Gasteiger partial charge >= 0.3 is 19.8 Å². The fraction of sp³-hybridized carbons (Fsp3) is 0.917. The molecule has 58 heavy (non-hydrogen) atoms. The fourth-order valence-corrected chi connectivity index (χ4v) is 7.69. The maximum Gasteiger partial charge on any atom is 0.472 e. The molecule has 0 aromatic rings. The van der Waals surface area contributed by atoms with Gasteiger partial charge in [-0.2, -0.15) is 0 Å². The zero-order valence-corrected chi connectivity index (χ0v) is 39.7. The second kappa shape index (κ2) is 41.1. The average Bonchev–Trinajstić information content (AvgIpc) is 3.17. The van der Waals surface area contributed by atoms with Crippen molar-refractivity contribution in [3.05, 3.63) is 12.2 Å². The van der Waals surface area contributed by atoms with Crippen molar-refractivity contribution < 1.29 is 42.1 Å². The third-order valence-electron chi connectivity index (χ3n) is 10.8. The van der Waals surface area contributed by atoms with E-state index in [1.54, 1.807) is 0 Å². The zero-order valence-electron chi connectivity index (χ0n) is 38.8. The second-order valence-corrected chi connectivity index (χ2v) is 19.3. The topological polar surface area (TPSA) is 108 Å². The van der Waals surface area contributed by atoms with Crippen molar-refractivity contribution in [1.29, 1.82) is 0 Å². The van der Waals surface area contributed by atoms with E-state index < -0.39 is 26.5 Å². The molecule has 0 aliphatic heterocycles. The van der Waals surface area contributed by atoms with Gasteiger partial charge in [0.15, 0.2) is 6.10 Å². The van der Waals surface area contributed by atoms with Gasteiger partial charge in [0.25, 0.3) is 0 Å². The predicted molar refractivity (Wildman–Crippen MR) is 243 cm³/mol. The van der Waals surface area contributed by atoms with Gasteiger partial charge in [0.2, 0.25) is 0 Å². The van der Waals surface area contributed by atoms with Crippen molar-refractivity contribution in [3.63, 3.8) is 0 Å². The number of hydrogen-bond acceptors (Lipinski definition) is 7. The van der Waals surface area contributed by atoms with E-state index in [1.165, 1.54) is 148 Å². The first-order chi connectivity index (χ1) is 28.0. The van der Waals surface area contributed by atoms with Crippen LogP contribution in [-0.4, -0.2) is 74.9 Å². The van der Waals surface area contributed by atoms with E-state index in [0.717, 1.165) is 51.4 Å². The summed E-state index contributed by atoms with van der Waals surface area (Å²) in [5, 5.41) is 0. The van der Waals surface area contributed by atoms with Gasteiger partial charge in [0.05, 0.1) is 27.7 Å². The minimum Gasteiger partial charge on any atom is -0.462 e. The summed E-state index contributed by atoms with van der Waals surface area (Å²) >= 11 is 0. The number of likely N-dealkylation sites (N-methyl/N-ethyl adjacent to an activating group) is 1. The number of quaternary nitrogens is 1. The summed E-state index contributed by atoms with van der Waals surface area (Å²) in [5.41, 5.74) is 0. The molecule has 0 saturated carbocycles. The van der Waals surface area contributed by atoms with Crippen molar-refractivity contribution >= 4 is 19.8 Å². The molecule has 0 saturated heterocycles. The van der Waals surface area contributed by atoms with Crippen molar-refractivity contribution in [2.24, 2.45) is 0 Å². The van der Waals surface area contributed by atoms with Crippen LogP contribution in [0.4, 0.5) is 0 Å². The SMILES string of the molecule is CCCCCCCC/C=C/CCCCCCCC(=O)OC[C@H](COP(=O)(O)OCC[N+](C)(C)C)OC(=O)CCCCCCCCCCCCCCCCCCCCC. The highest BCUT2D eigenvalue weighted by Gasteiger charge is 2.27. The number of ether oxygens (including phenoxy) is 2. The Bertz CT molecular complexity index is 1000. The summed E-state index contributed by atoms with van der Waals surface area (Å²) < 4.78 is 34.4. The van der Waals surface area contributed by atoms with Crippen LogP contribution in [0, 0.1) is 0 Å². The van der Waals surface area contributed by atoms with Gasteiger partial charge in [-0.05, 0) is 38.5 Å². The number of carbonyl (C=O) groups excluding carboxylic acids is 2. The highest BCUT2D eigenvalue weighted by atomic mass is 31.2. The lowest BCUT2D eigenvalue weighted by atomic mass is 10.0. The maximum absolute atomic E-state index is 12.7. The molecule has 2 atom stereocenters. The molecule has 10 heteroatoms. The Morgan fingerprint density at radius 1 is 0.517 bits per heavy atom. The lowest BCUT2D eigenvalue weighted by Crippen LogP contribution is -2.37. The quantitative estimate of drug-likeness (QED) is 0.0212. The standard InChI is InChI=1S/C48H94NO8P/c1-6-8-10-12-14-16-18-20-22-23-24-25-27-29-31-33-35-37-39-41-48(51)57-46(45-56-58(52,53)55-43-42-49(3,4)5)44-54-47(50)40-38-36-34-32-30-28-26-21-19-17-15-13-11-9-7-2/h21,26,46H,6-20,22-25,27-45H2,1-5H3/p+1/b26-21+/t46-/m1/s1. The van der Waals surface area contributed by atoms with E-state index >= 15 is 0 Å². The smallest absolute Gasteiger partial charge is 0.462 e. The molecule has 9 nitrogen and oxygen atoms in total. The molecule has 0 aromatic heterocycles. The molecule has 0 radical (unpaired) electrons. The van der Waals surface area contributed by atoms with E-state index in [9.17, 15) is 19.0 Å². The third kappa shape index (κ3) is 44.3. The van der Waals surface area contributed by atoms with E-state index in [0.29, 0.717) is 17.4 Å². The number of carbonyl (C=O) groups is 2. The van der Waals surface area contributed by atoms with Gasteiger partial charge < -0.3 is 18.9 Å². The molecule has 0 spiro atoms. The van der Waals surface area contributed by atoms with Crippen LogP contribution in [0.5, 0.6) is 0 Å². The van der Waals surface area contributed by atoms with Crippen LogP contribution in [-0.2, 0) is 32.7 Å². The Balaban J connectivity index is 4.26. The largest absolute Gasteiger partial charge is 0.472 e. The second-order valence-electron chi connectivity index (χ2n) is 17.9. The van der Waals surface area contributed by atoms with Crippen LogP contribution in [0.25, 0.3) is 0 Å². The normalized spacial score (nSPS) is 13.6. The molecule has 344 valence electrons. The summed E-state index contributed by atoms with van der Waals surface area (Å²) in [6.07, 6.45) is 44.0. The summed E-state index contributed by atoms with van der Waals surface area (Å²) in [6, 6.07) is 0. The van der Waals surface area contributed by atoms with Crippen LogP contribution in [0.15, 0.2) is 12.2 Å². The minimum atomic E-state index is -4.37. The van der Waals surface area contributed by atoms with E-state index in [-0.39, 0.29) is 32.0 Å².